The van der Waals surface area contributed by atoms with Crippen LogP contribution in [0, 0.1) is 0 Å². The lowest BCUT2D eigenvalue weighted by atomic mass is 9.94. The Bertz CT molecular complexity index is 940. The van der Waals surface area contributed by atoms with Crippen LogP contribution in [0.5, 0.6) is 23.0 Å². The average molecular weight is 505 g/mol. The van der Waals surface area contributed by atoms with Gasteiger partial charge in [-0.25, -0.2) is 0 Å². The number of nitrogens with zero attached hydrogens (tertiary/aromatic N) is 2. The maximum Gasteiger partial charge on any atom is 0.162 e. The predicted octanol–water partition coefficient (Wildman–Crippen LogP) is 1.55. The molecule has 2 atom stereocenters. The largest absolute Gasteiger partial charge is 0.504 e. The molecule has 2 aromatic rings. The van der Waals surface area contributed by atoms with E-state index in [1.54, 1.807) is 12.1 Å². The molecule has 0 amide bonds. The number of aliphatic hydroxyl groups excluding tert-OH is 2. The summed E-state index contributed by atoms with van der Waals surface area (Å²) in [7, 11) is 2.89. The minimum Gasteiger partial charge on any atom is -0.504 e. The molecule has 10 heteroatoms. The van der Waals surface area contributed by atoms with Crippen molar-refractivity contribution in [3.63, 3.8) is 0 Å². The Labute approximate surface area is 211 Å². The zero-order valence-corrected chi connectivity index (χ0v) is 20.9. The van der Waals surface area contributed by atoms with Gasteiger partial charge >= 0.3 is 0 Å². The van der Waals surface area contributed by atoms with Gasteiger partial charge < -0.3 is 39.4 Å². The Kier molecular flexibility index (Phi) is 8.89. The lowest BCUT2D eigenvalue weighted by molar-refractivity contribution is 0.0164. The van der Waals surface area contributed by atoms with E-state index in [2.05, 4.69) is 9.80 Å². The molecule has 0 bridgehead atoms. The number of phenolic OH excluding ortho intramolecular Hbond substituents is 2. The normalized spacial score (nSPS) is 19.1. The van der Waals surface area contributed by atoms with Crippen LogP contribution < -0.4 is 9.47 Å². The first-order valence-electron chi connectivity index (χ1n) is 12.2. The van der Waals surface area contributed by atoms with E-state index in [1.165, 1.54) is 26.4 Å². The third kappa shape index (κ3) is 6.03. The highest BCUT2D eigenvalue weighted by Gasteiger charge is 2.26. The van der Waals surface area contributed by atoms with Gasteiger partial charge in [-0.15, -0.1) is 0 Å². The molecule has 0 aliphatic carbocycles. The van der Waals surface area contributed by atoms with Crippen LogP contribution in [0.4, 0.5) is 0 Å². The molecule has 4 rings (SSSR count). The van der Waals surface area contributed by atoms with Crippen molar-refractivity contribution in [2.75, 3.05) is 66.8 Å². The quantitative estimate of drug-likeness (QED) is 0.400. The number of phenols is 2. The van der Waals surface area contributed by atoms with E-state index in [1.807, 2.05) is 0 Å². The van der Waals surface area contributed by atoms with Crippen LogP contribution in [0.3, 0.4) is 0 Å². The van der Waals surface area contributed by atoms with Gasteiger partial charge in [-0.1, -0.05) is 0 Å². The summed E-state index contributed by atoms with van der Waals surface area (Å²) < 4.78 is 21.5. The van der Waals surface area contributed by atoms with E-state index in [9.17, 15) is 20.4 Å². The highest BCUT2D eigenvalue weighted by molar-refractivity contribution is 5.51. The molecule has 2 aliphatic heterocycles. The van der Waals surface area contributed by atoms with Gasteiger partial charge in [-0.3, -0.25) is 9.80 Å². The van der Waals surface area contributed by atoms with Crippen LogP contribution in [0.25, 0.3) is 0 Å². The zero-order chi connectivity index (χ0) is 25.7. The molecule has 2 aliphatic rings. The first kappa shape index (κ1) is 26.5. The summed E-state index contributed by atoms with van der Waals surface area (Å²) in [6, 6.07) is 6.43. The van der Waals surface area contributed by atoms with Crippen molar-refractivity contribution in [1.29, 1.82) is 0 Å². The third-order valence-corrected chi connectivity index (χ3v) is 6.77. The van der Waals surface area contributed by atoms with Gasteiger partial charge in [0.1, 0.15) is 12.2 Å². The minimum atomic E-state index is -1.31. The standard InChI is InChI=1S/C26H36N2O8/c1-33-21-13-17(11-19(23(21)29)15-27-3-7-35-8-4-27)25(31)26(32)18-12-20(24(30)22(14-18)34-2)16-28-5-9-36-10-6-28/h11-14,25-26,29-32H,3-10,15-16H2,1-2H3/t25-,26+. The second-order valence-electron chi connectivity index (χ2n) is 9.13. The number of hydrogen-bond donors (Lipinski definition) is 4. The summed E-state index contributed by atoms with van der Waals surface area (Å²) in [5.74, 6) is 0.457. The number of aromatic hydroxyl groups is 2. The molecule has 0 unspecified atom stereocenters. The fourth-order valence-corrected chi connectivity index (χ4v) is 4.64. The molecule has 0 aromatic heterocycles. The van der Waals surface area contributed by atoms with Crippen molar-refractivity contribution >= 4 is 0 Å². The van der Waals surface area contributed by atoms with Crippen molar-refractivity contribution in [3.05, 3.63) is 46.5 Å². The number of aliphatic hydroxyl groups is 2. The first-order chi connectivity index (χ1) is 17.4. The Hall–Kier alpha value is -2.60. The number of hydrogen-bond acceptors (Lipinski definition) is 10. The van der Waals surface area contributed by atoms with Gasteiger partial charge in [0, 0.05) is 50.4 Å². The van der Waals surface area contributed by atoms with Gasteiger partial charge in [0.05, 0.1) is 40.6 Å². The summed E-state index contributed by atoms with van der Waals surface area (Å²) in [6.45, 7) is 6.32. The third-order valence-electron chi connectivity index (χ3n) is 6.77. The van der Waals surface area contributed by atoms with Crippen molar-refractivity contribution in [2.45, 2.75) is 25.3 Å². The SMILES string of the molecule is COc1cc([C@@H](O)[C@@H](O)c2cc(CN3CCOCC3)c(O)c(OC)c2)cc(CN2CCOCC2)c1O. The molecule has 2 heterocycles. The molecule has 4 N–H and O–H groups in total. The van der Waals surface area contributed by atoms with Crippen LogP contribution in [-0.4, -0.2) is 97.1 Å². The molecule has 0 saturated carbocycles. The number of ether oxygens (including phenoxy) is 4. The molecule has 0 spiro atoms. The van der Waals surface area contributed by atoms with Gasteiger partial charge in [0.2, 0.25) is 0 Å². The van der Waals surface area contributed by atoms with Gasteiger partial charge in [-0.2, -0.15) is 0 Å². The molecule has 2 aromatic carbocycles. The molecular weight excluding hydrogens is 468 g/mol. The fraction of sp³-hybridized carbons (Fsp3) is 0.538. The van der Waals surface area contributed by atoms with E-state index in [-0.39, 0.29) is 23.0 Å². The van der Waals surface area contributed by atoms with Crippen molar-refractivity contribution in [3.8, 4) is 23.0 Å². The highest BCUT2D eigenvalue weighted by Crippen LogP contribution is 2.40. The van der Waals surface area contributed by atoms with Crippen molar-refractivity contribution < 1.29 is 39.4 Å². The summed E-state index contributed by atoms with van der Waals surface area (Å²) in [5.41, 5.74) is 1.99. The maximum absolute atomic E-state index is 11.2. The molecule has 10 nitrogen and oxygen atoms in total. The lowest BCUT2D eigenvalue weighted by Crippen LogP contribution is -2.35. The summed E-state index contributed by atoms with van der Waals surface area (Å²) in [5, 5.41) is 43.7. The van der Waals surface area contributed by atoms with Gasteiger partial charge in [0.25, 0.3) is 0 Å². The van der Waals surface area contributed by atoms with Gasteiger partial charge in [-0.05, 0) is 35.4 Å². The Morgan fingerprint density at radius 3 is 1.39 bits per heavy atom. The van der Waals surface area contributed by atoms with E-state index < -0.39 is 12.2 Å². The van der Waals surface area contributed by atoms with Crippen LogP contribution in [0.15, 0.2) is 24.3 Å². The second kappa shape index (κ2) is 12.1. The fourth-order valence-electron chi connectivity index (χ4n) is 4.64. The highest BCUT2D eigenvalue weighted by atomic mass is 16.5. The maximum atomic E-state index is 11.2. The molecular formula is C26H36N2O8. The molecule has 0 radical (unpaired) electrons. The van der Waals surface area contributed by atoms with Crippen LogP contribution >= 0.6 is 0 Å². The van der Waals surface area contributed by atoms with Crippen LogP contribution in [-0.2, 0) is 22.6 Å². The van der Waals surface area contributed by atoms with Crippen LogP contribution in [0.2, 0.25) is 0 Å². The number of rotatable bonds is 9. The monoisotopic (exact) mass is 504 g/mol. The molecule has 36 heavy (non-hydrogen) atoms. The minimum absolute atomic E-state index is 0.00790. The Morgan fingerprint density at radius 2 is 1.06 bits per heavy atom. The zero-order valence-electron chi connectivity index (χ0n) is 20.9. The summed E-state index contributed by atoms with van der Waals surface area (Å²) in [4.78, 5) is 4.29. The second-order valence-corrected chi connectivity index (χ2v) is 9.13. The smallest absolute Gasteiger partial charge is 0.162 e. The number of benzene rings is 2. The Balaban J connectivity index is 1.61. The molecule has 198 valence electrons. The van der Waals surface area contributed by atoms with E-state index in [0.29, 0.717) is 61.8 Å². The van der Waals surface area contributed by atoms with E-state index in [0.717, 1.165) is 26.2 Å². The summed E-state index contributed by atoms with van der Waals surface area (Å²) >= 11 is 0. The van der Waals surface area contributed by atoms with E-state index >= 15 is 0 Å². The van der Waals surface area contributed by atoms with Crippen molar-refractivity contribution in [2.24, 2.45) is 0 Å². The number of morpholine rings is 2. The van der Waals surface area contributed by atoms with Gasteiger partial charge in [0.15, 0.2) is 23.0 Å². The topological polar surface area (TPSA) is 124 Å². The first-order valence-corrected chi connectivity index (χ1v) is 12.2. The van der Waals surface area contributed by atoms with Crippen molar-refractivity contribution in [1.82, 2.24) is 9.80 Å². The van der Waals surface area contributed by atoms with Crippen LogP contribution in [0.1, 0.15) is 34.5 Å². The molecule has 2 saturated heterocycles. The van der Waals surface area contributed by atoms with E-state index in [4.69, 9.17) is 18.9 Å². The lowest BCUT2D eigenvalue weighted by Gasteiger charge is -2.28. The predicted molar refractivity (Wildman–Crippen MR) is 131 cm³/mol. The Morgan fingerprint density at radius 1 is 0.694 bits per heavy atom. The number of methoxy groups -OCH3 is 2. The molecule has 2 fully saturated rings. The average Bonchev–Trinajstić information content (AvgIpc) is 2.91. The summed E-state index contributed by atoms with van der Waals surface area (Å²) in [6.07, 6.45) is -2.62.